The van der Waals surface area contributed by atoms with Crippen molar-refractivity contribution in [1.82, 2.24) is 4.57 Å². The number of rotatable bonds is 6. The van der Waals surface area contributed by atoms with Crippen LogP contribution in [-0.4, -0.2) is 31.3 Å². The molecule has 142 valence electrons. The molecular weight excluding hydrogens is 367 g/mol. The number of hydrogen-bond acceptors (Lipinski definition) is 4. The Balaban J connectivity index is 1.95. The summed E-state index contributed by atoms with van der Waals surface area (Å²) in [5.74, 6) is 0.165. The maximum absolute atomic E-state index is 14.3. The summed E-state index contributed by atoms with van der Waals surface area (Å²) >= 11 is 1.30. The quantitative estimate of drug-likeness (QED) is 0.650. The molecule has 0 atom stereocenters. The first-order chi connectivity index (χ1) is 13.0. The predicted octanol–water partition coefficient (Wildman–Crippen LogP) is 3.48. The second-order valence-electron chi connectivity index (χ2n) is 6.10. The van der Waals surface area contributed by atoms with Gasteiger partial charge in [-0.3, -0.25) is 4.79 Å². The Labute approximate surface area is 160 Å². The molecule has 7 heteroatoms. The number of fused-ring (bicyclic) bond motifs is 1. The monoisotopic (exact) mass is 388 g/mol. The van der Waals surface area contributed by atoms with E-state index in [4.69, 9.17) is 9.47 Å². The summed E-state index contributed by atoms with van der Waals surface area (Å²) in [5.41, 5.74) is 2.27. The highest BCUT2D eigenvalue weighted by Gasteiger charge is 2.12. The SMILES string of the molecule is COCCn1c(=NC(=O)Cc2ccc(OC)c(C)c2)sc2cccc(F)c21. The number of aryl methyl sites for hydroxylation is 1. The number of carbonyl (C=O) groups excluding carboxylic acids is 1. The number of para-hydroxylation sites is 1. The van der Waals surface area contributed by atoms with Gasteiger partial charge in [-0.25, -0.2) is 4.39 Å². The molecule has 0 saturated heterocycles. The third-order valence-corrected chi connectivity index (χ3v) is 5.25. The van der Waals surface area contributed by atoms with Gasteiger partial charge in [0.05, 0.1) is 30.4 Å². The van der Waals surface area contributed by atoms with Crippen LogP contribution in [0, 0.1) is 12.7 Å². The summed E-state index contributed by atoms with van der Waals surface area (Å²) in [6, 6.07) is 10.5. The Kier molecular flexibility index (Phi) is 6.03. The Morgan fingerprint density at radius 3 is 2.78 bits per heavy atom. The Morgan fingerprint density at radius 2 is 2.07 bits per heavy atom. The van der Waals surface area contributed by atoms with Gasteiger partial charge in [0.25, 0.3) is 5.91 Å². The molecular formula is C20H21FN2O3S. The molecule has 0 saturated carbocycles. The van der Waals surface area contributed by atoms with Crippen molar-refractivity contribution in [3.8, 4) is 5.75 Å². The molecule has 27 heavy (non-hydrogen) atoms. The smallest absolute Gasteiger partial charge is 0.252 e. The van der Waals surface area contributed by atoms with Crippen LogP contribution in [0.5, 0.6) is 5.75 Å². The second kappa shape index (κ2) is 8.45. The zero-order chi connectivity index (χ0) is 19.4. The van der Waals surface area contributed by atoms with Crippen molar-refractivity contribution in [2.24, 2.45) is 4.99 Å². The van der Waals surface area contributed by atoms with Gasteiger partial charge in [-0.15, -0.1) is 0 Å². The summed E-state index contributed by atoms with van der Waals surface area (Å²) in [4.78, 5) is 17.2. The van der Waals surface area contributed by atoms with Gasteiger partial charge in [0.2, 0.25) is 0 Å². The molecule has 0 radical (unpaired) electrons. The van der Waals surface area contributed by atoms with E-state index in [0.29, 0.717) is 23.5 Å². The third-order valence-electron chi connectivity index (χ3n) is 4.21. The lowest BCUT2D eigenvalue weighted by Crippen LogP contribution is -2.20. The first-order valence-electron chi connectivity index (χ1n) is 8.51. The minimum Gasteiger partial charge on any atom is -0.496 e. The molecule has 0 aliphatic carbocycles. The summed E-state index contributed by atoms with van der Waals surface area (Å²) in [5, 5.41) is 0. The normalized spacial score (nSPS) is 11.9. The lowest BCUT2D eigenvalue weighted by Gasteiger charge is -2.06. The molecule has 0 fully saturated rings. The van der Waals surface area contributed by atoms with Crippen LogP contribution in [0.4, 0.5) is 4.39 Å². The van der Waals surface area contributed by atoms with Gasteiger partial charge in [-0.2, -0.15) is 4.99 Å². The standard InChI is InChI=1S/C20H21FN2O3S/c1-13-11-14(7-8-16(13)26-3)12-18(24)22-20-23(9-10-25-2)19-15(21)5-4-6-17(19)27-20/h4-8,11H,9-10,12H2,1-3H3. The van der Waals surface area contributed by atoms with Gasteiger partial charge >= 0.3 is 0 Å². The molecule has 0 spiro atoms. The number of halogens is 1. The van der Waals surface area contributed by atoms with Crippen LogP contribution in [0.15, 0.2) is 41.4 Å². The number of methoxy groups -OCH3 is 2. The van der Waals surface area contributed by atoms with E-state index in [1.54, 1.807) is 24.9 Å². The number of thiazole rings is 1. The molecule has 0 bridgehead atoms. The first kappa shape index (κ1) is 19.3. The van der Waals surface area contributed by atoms with Crippen molar-refractivity contribution >= 4 is 27.5 Å². The van der Waals surface area contributed by atoms with Crippen molar-refractivity contribution in [3.63, 3.8) is 0 Å². The molecule has 1 aromatic heterocycles. The Bertz CT molecular complexity index is 1040. The number of nitrogens with zero attached hydrogens (tertiary/aromatic N) is 2. The fourth-order valence-corrected chi connectivity index (χ4v) is 4.02. The summed E-state index contributed by atoms with van der Waals surface area (Å²) in [7, 11) is 3.20. The third kappa shape index (κ3) is 4.26. The first-order valence-corrected chi connectivity index (χ1v) is 9.33. The molecule has 0 unspecified atom stereocenters. The zero-order valence-corrected chi connectivity index (χ0v) is 16.3. The van der Waals surface area contributed by atoms with Gasteiger partial charge in [0.1, 0.15) is 11.6 Å². The predicted molar refractivity (Wildman–Crippen MR) is 104 cm³/mol. The summed E-state index contributed by atoms with van der Waals surface area (Å²) < 4.78 is 27.1. The number of ether oxygens (including phenoxy) is 2. The van der Waals surface area contributed by atoms with Crippen LogP contribution in [0.3, 0.4) is 0 Å². The van der Waals surface area contributed by atoms with E-state index in [-0.39, 0.29) is 18.1 Å². The molecule has 2 aromatic carbocycles. The summed E-state index contributed by atoms with van der Waals surface area (Å²) in [6.45, 7) is 2.75. The van der Waals surface area contributed by atoms with Gasteiger partial charge < -0.3 is 14.0 Å². The van der Waals surface area contributed by atoms with E-state index in [9.17, 15) is 9.18 Å². The van der Waals surface area contributed by atoms with Crippen molar-refractivity contribution in [2.45, 2.75) is 19.9 Å². The maximum atomic E-state index is 14.3. The number of hydrogen-bond donors (Lipinski definition) is 0. The van der Waals surface area contributed by atoms with Crippen molar-refractivity contribution in [1.29, 1.82) is 0 Å². The van der Waals surface area contributed by atoms with Gasteiger partial charge in [-0.05, 0) is 36.2 Å². The fraction of sp³-hybridized carbons (Fsp3) is 0.300. The Morgan fingerprint density at radius 1 is 1.26 bits per heavy atom. The van der Waals surface area contributed by atoms with Crippen LogP contribution < -0.4 is 9.54 Å². The molecule has 0 aliphatic rings. The van der Waals surface area contributed by atoms with Crippen LogP contribution in [0.1, 0.15) is 11.1 Å². The van der Waals surface area contributed by atoms with Gasteiger partial charge in [0, 0.05) is 13.7 Å². The van der Waals surface area contributed by atoms with Crippen LogP contribution >= 0.6 is 11.3 Å². The minimum absolute atomic E-state index is 0.172. The molecule has 1 heterocycles. The highest BCUT2D eigenvalue weighted by atomic mass is 32.1. The maximum Gasteiger partial charge on any atom is 0.252 e. The lowest BCUT2D eigenvalue weighted by molar-refractivity contribution is -0.117. The highest BCUT2D eigenvalue weighted by Crippen LogP contribution is 2.21. The average molecular weight is 388 g/mol. The highest BCUT2D eigenvalue weighted by molar-refractivity contribution is 7.16. The van der Waals surface area contributed by atoms with Crippen molar-refractivity contribution in [2.75, 3.05) is 20.8 Å². The minimum atomic E-state index is -0.334. The van der Waals surface area contributed by atoms with Crippen LogP contribution in [-0.2, 0) is 22.5 Å². The number of aromatic nitrogens is 1. The molecule has 3 aromatic rings. The van der Waals surface area contributed by atoms with E-state index in [2.05, 4.69) is 4.99 Å². The number of carbonyl (C=O) groups is 1. The Hall–Kier alpha value is -2.51. The van der Waals surface area contributed by atoms with E-state index in [1.165, 1.54) is 17.4 Å². The van der Waals surface area contributed by atoms with Crippen molar-refractivity contribution < 1.29 is 18.7 Å². The number of benzene rings is 2. The molecule has 1 amide bonds. The van der Waals surface area contributed by atoms with E-state index < -0.39 is 0 Å². The van der Waals surface area contributed by atoms with Crippen LogP contribution in [0.25, 0.3) is 10.2 Å². The largest absolute Gasteiger partial charge is 0.496 e. The topological polar surface area (TPSA) is 52.8 Å². The van der Waals surface area contributed by atoms with E-state index >= 15 is 0 Å². The van der Waals surface area contributed by atoms with Gasteiger partial charge in [0.15, 0.2) is 4.80 Å². The fourth-order valence-electron chi connectivity index (χ4n) is 2.93. The summed E-state index contributed by atoms with van der Waals surface area (Å²) in [6.07, 6.45) is 0.172. The molecule has 0 N–H and O–H groups in total. The lowest BCUT2D eigenvalue weighted by atomic mass is 10.1. The zero-order valence-electron chi connectivity index (χ0n) is 15.5. The number of amides is 1. The van der Waals surface area contributed by atoms with Crippen LogP contribution in [0.2, 0.25) is 0 Å². The second-order valence-corrected chi connectivity index (χ2v) is 7.11. The average Bonchev–Trinajstić information content (AvgIpc) is 2.98. The van der Waals surface area contributed by atoms with Gasteiger partial charge in [-0.1, -0.05) is 29.5 Å². The van der Waals surface area contributed by atoms with Crippen molar-refractivity contribution in [3.05, 3.63) is 58.1 Å². The molecule has 5 nitrogen and oxygen atoms in total. The van der Waals surface area contributed by atoms with E-state index in [1.807, 2.05) is 31.2 Å². The molecule has 0 aliphatic heterocycles. The van der Waals surface area contributed by atoms with E-state index in [0.717, 1.165) is 21.6 Å². The molecule has 3 rings (SSSR count).